The van der Waals surface area contributed by atoms with Crippen molar-refractivity contribution in [2.45, 2.75) is 12.8 Å². The third-order valence-electron chi connectivity index (χ3n) is 3.59. The van der Waals surface area contributed by atoms with Gasteiger partial charge in [-0.1, -0.05) is 0 Å². The number of carboxylic acid groups (broad SMARTS) is 1. The van der Waals surface area contributed by atoms with Gasteiger partial charge in [-0.3, -0.25) is 4.79 Å². The van der Waals surface area contributed by atoms with E-state index < -0.39 is 5.97 Å². The van der Waals surface area contributed by atoms with Crippen molar-refractivity contribution in [3.05, 3.63) is 30.0 Å². The zero-order valence-corrected chi connectivity index (χ0v) is 11.3. The van der Waals surface area contributed by atoms with E-state index in [-0.39, 0.29) is 17.6 Å². The number of amides is 1. The Morgan fingerprint density at radius 1 is 1.19 bits per heavy atom. The van der Waals surface area contributed by atoms with Crippen molar-refractivity contribution < 1.29 is 23.8 Å². The van der Waals surface area contributed by atoms with Gasteiger partial charge in [0.15, 0.2) is 0 Å². The minimum absolute atomic E-state index is 0.0281. The molecule has 21 heavy (non-hydrogen) atoms. The highest BCUT2D eigenvalue weighted by Crippen LogP contribution is 2.24. The Hall–Kier alpha value is -2.34. The molecule has 0 radical (unpaired) electrons. The van der Waals surface area contributed by atoms with E-state index in [2.05, 4.69) is 5.32 Å². The summed E-state index contributed by atoms with van der Waals surface area (Å²) in [6.45, 7) is 1.22. The smallest absolute Gasteiger partial charge is 0.371 e. The van der Waals surface area contributed by atoms with Gasteiger partial charge in [0, 0.05) is 30.2 Å². The largest absolute Gasteiger partial charge is 0.475 e. The van der Waals surface area contributed by atoms with E-state index in [0.29, 0.717) is 29.9 Å². The third-order valence-corrected chi connectivity index (χ3v) is 3.59. The number of hydrogen-bond acceptors (Lipinski definition) is 4. The highest BCUT2D eigenvalue weighted by Gasteiger charge is 2.21. The molecule has 1 fully saturated rings. The fourth-order valence-electron chi connectivity index (χ4n) is 2.43. The monoisotopic (exact) mass is 289 g/mol. The van der Waals surface area contributed by atoms with Crippen molar-refractivity contribution in [1.29, 1.82) is 0 Å². The molecule has 6 heteroatoms. The maximum absolute atomic E-state index is 12.1. The number of carbonyl (C=O) groups excluding carboxylic acids is 1. The van der Waals surface area contributed by atoms with Crippen LogP contribution in [0.2, 0.25) is 0 Å². The van der Waals surface area contributed by atoms with Crippen molar-refractivity contribution in [2.75, 3.05) is 18.5 Å². The van der Waals surface area contributed by atoms with Crippen LogP contribution in [-0.4, -0.2) is 30.2 Å². The first-order valence-electron chi connectivity index (χ1n) is 6.79. The Labute approximate surface area is 120 Å². The van der Waals surface area contributed by atoms with Crippen molar-refractivity contribution in [3.8, 4) is 0 Å². The van der Waals surface area contributed by atoms with Crippen molar-refractivity contribution in [1.82, 2.24) is 0 Å². The van der Waals surface area contributed by atoms with Crippen LogP contribution in [-0.2, 0) is 9.53 Å². The lowest BCUT2D eigenvalue weighted by molar-refractivity contribution is -0.122. The molecule has 6 nitrogen and oxygen atoms in total. The summed E-state index contributed by atoms with van der Waals surface area (Å²) in [7, 11) is 0. The molecule has 1 amide bonds. The van der Waals surface area contributed by atoms with Crippen LogP contribution in [0.3, 0.4) is 0 Å². The lowest BCUT2D eigenvalue weighted by Crippen LogP contribution is -2.28. The van der Waals surface area contributed by atoms with Gasteiger partial charge in [-0.15, -0.1) is 0 Å². The second kappa shape index (κ2) is 5.57. The van der Waals surface area contributed by atoms with Crippen LogP contribution < -0.4 is 5.32 Å². The molecule has 1 aliphatic heterocycles. The molecular formula is C15H15NO5. The van der Waals surface area contributed by atoms with Crippen molar-refractivity contribution in [2.24, 2.45) is 5.92 Å². The predicted octanol–water partition coefficient (Wildman–Crippen LogP) is 2.50. The number of fused-ring (bicyclic) bond motifs is 1. The topological polar surface area (TPSA) is 88.8 Å². The van der Waals surface area contributed by atoms with Gasteiger partial charge in [-0.05, 0) is 37.1 Å². The molecule has 0 aliphatic carbocycles. The first kappa shape index (κ1) is 13.6. The lowest BCUT2D eigenvalue weighted by Gasteiger charge is -2.21. The summed E-state index contributed by atoms with van der Waals surface area (Å²) in [6, 6.07) is 6.51. The molecule has 1 aliphatic rings. The maximum atomic E-state index is 12.1. The fourth-order valence-corrected chi connectivity index (χ4v) is 2.43. The van der Waals surface area contributed by atoms with Crippen LogP contribution in [0.5, 0.6) is 0 Å². The Morgan fingerprint density at radius 2 is 1.95 bits per heavy atom. The van der Waals surface area contributed by atoms with Crippen LogP contribution >= 0.6 is 0 Å². The van der Waals surface area contributed by atoms with Crippen LogP contribution in [0, 0.1) is 5.92 Å². The number of carbonyl (C=O) groups is 2. The second-order valence-corrected chi connectivity index (χ2v) is 5.04. The number of furan rings is 1. The first-order valence-corrected chi connectivity index (χ1v) is 6.79. The highest BCUT2D eigenvalue weighted by atomic mass is 16.5. The average molecular weight is 289 g/mol. The average Bonchev–Trinajstić information content (AvgIpc) is 2.91. The second-order valence-electron chi connectivity index (χ2n) is 5.04. The number of anilines is 1. The Morgan fingerprint density at radius 3 is 2.67 bits per heavy atom. The number of ether oxygens (including phenoxy) is 1. The fraction of sp³-hybridized carbons (Fsp3) is 0.333. The van der Waals surface area contributed by atoms with E-state index in [4.69, 9.17) is 14.3 Å². The Bertz CT molecular complexity index is 684. The van der Waals surface area contributed by atoms with Crippen molar-refractivity contribution >= 4 is 28.5 Å². The summed E-state index contributed by atoms with van der Waals surface area (Å²) in [5.74, 6) is -1.29. The number of nitrogens with one attached hydrogen (secondary N) is 1. The molecule has 3 rings (SSSR count). The third kappa shape index (κ3) is 2.90. The standard InChI is InChI=1S/C15H15NO5/c17-14(9-3-5-20-6-4-9)16-11-1-2-12-10(7-11)8-13(21-12)15(18)19/h1-2,7-9H,3-6H2,(H,16,17)(H,18,19). The van der Waals surface area contributed by atoms with Gasteiger partial charge in [0.2, 0.25) is 11.7 Å². The normalized spacial score (nSPS) is 16.0. The minimum Gasteiger partial charge on any atom is -0.475 e. The van der Waals surface area contributed by atoms with E-state index in [1.807, 2.05) is 0 Å². The van der Waals surface area contributed by atoms with Crippen LogP contribution in [0.1, 0.15) is 23.4 Å². The molecule has 1 aromatic heterocycles. The predicted molar refractivity (Wildman–Crippen MR) is 75.3 cm³/mol. The molecule has 0 bridgehead atoms. The summed E-state index contributed by atoms with van der Waals surface area (Å²) in [4.78, 5) is 23.0. The quantitative estimate of drug-likeness (QED) is 0.906. The number of hydrogen-bond donors (Lipinski definition) is 2. The lowest BCUT2D eigenvalue weighted by atomic mass is 9.99. The van der Waals surface area contributed by atoms with Crippen LogP contribution in [0.4, 0.5) is 5.69 Å². The molecule has 2 N–H and O–H groups in total. The van der Waals surface area contributed by atoms with Gasteiger partial charge in [-0.25, -0.2) is 4.79 Å². The van der Waals surface area contributed by atoms with Gasteiger partial charge < -0.3 is 19.6 Å². The summed E-state index contributed by atoms with van der Waals surface area (Å²) in [5, 5.41) is 12.4. The molecule has 110 valence electrons. The summed E-state index contributed by atoms with van der Waals surface area (Å²) in [6.07, 6.45) is 1.45. The molecule has 1 aromatic carbocycles. The van der Waals surface area contributed by atoms with Gasteiger partial charge in [0.25, 0.3) is 0 Å². The van der Waals surface area contributed by atoms with Crippen molar-refractivity contribution in [3.63, 3.8) is 0 Å². The Kier molecular flexibility index (Phi) is 3.62. The highest BCUT2D eigenvalue weighted by molar-refractivity contribution is 5.96. The molecule has 0 atom stereocenters. The van der Waals surface area contributed by atoms with Gasteiger partial charge in [0.1, 0.15) is 5.58 Å². The van der Waals surface area contributed by atoms with E-state index in [0.717, 1.165) is 12.8 Å². The molecule has 0 unspecified atom stereocenters. The van der Waals surface area contributed by atoms with Crippen LogP contribution in [0.25, 0.3) is 11.0 Å². The SMILES string of the molecule is O=C(O)c1cc2cc(NC(=O)C3CCOCC3)ccc2o1. The maximum Gasteiger partial charge on any atom is 0.371 e. The van der Waals surface area contributed by atoms with Crippen LogP contribution in [0.15, 0.2) is 28.7 Å². The molecule has 2 heterocycles. The van der Waals surface area contributed by atoms with Gasteiger partial charge >= 0.3 is 5.97 Å². The molecule has 0 saturated carbocycles. The molecule has 2 aromatic rings. The molecule has 1 saturated heterocycles. The van der Waals surface area contributed by atoms with Gasteiger partial charge in [0.05, 0.1) is 0 Å². The minimum atomic E-state index is -1.11. The summed E-state index contributed by atoms with van der Waals surface area (Å²) in [5.41, 5.74) is 1.12. The van der Waals surface area contributed by atoms with E-state index in [9.17, 15) is 9.59 Å². The summed E-state index contributed by atoms with van der Waals surface area (Å²) < 4.78 is 10.4. The zero-order chi connectivity index (χ0) is 14.8. The summed E-state index contributed by atoms with van der Waals surface area (Å²) >= 11 is 0. The number of rotatable bonds is 3. The van der Waals surface area contributed by atoms with E-state index >= 15 is 0 Å². The molecular weight excluding hydrogens is 274 g/mol. The zero-order valence-electron chi connectivity index (χ0n) is 11.3. The number of aromatic carboxylic acids is 1. The van der Waals surface area contributed by atoms with E-state index in [1.54, 1.807) is 18.2 Å². The number of carboxylic acids is 1. The van der Waals surface area contributed by atoms with E-state index in [1.165, 1.54) is 6.07 Å². The first-order chi connectivity index (χ1) is 10.1. The number of benzene rings is 1. The van der Waals surface area contributed by atoms with Gasteiger partial charge in [-0.2, -0.15) is 0 Å². The Balaban J connectivity index is 1.77. The molecule has 0 spiro atoms.